The number of rotatable bonds is 5. The Morgan fingerprint density at radius 3 is 2.71 bits per heavy atom. The van der Waals surface area contributed by atoms with Gasteiger partial charge in [-0.05, 0) is 30.5 Å². The van der Waals surface area contributed by atoms with Crippen molar-refractivity contribution >= 4 is 6.08 Å². The van der Waals surface area contributed by atoms with E-state index in [1.165, 1.54) is 5.56 Å². The van der Waals surface area contributed by atoms with Crippen LogP contribution in [0.2, 0.25) is 0 Å². The molecular formula is C13H18O. The molecule has 0 radical (unpaired) electrons. The average molecular weight is 190 g/mol. The van der Waals surface area contributed by atoms with E-state index in [0.29, 0.717) is 0 Å². The summed E-state index contributed by atoms with van der Waals surface area (Å²) >= 11 is 0. The van der Waals surface area contributed by atoms with Gasteiger partial charge in [0.1, 0.15) is 5.75 Å². The van der Waals surface area contributed by atoms with Crippen LogP contribution in [-0.4, -0.2) is 6.61 Å². The highest BCUT2D eigenvalue weighted by Gasteiger charge is 2.02. The predicted molar refractivity (Wildman–Crippen MR) is 61.7 cm³/mol. The Bertz CT molecular complexity index is 302. The van der Waals surface area contributed by atoms with Crippen molar-refractivity contribution in [1.82, 2.24) is 0 Å². The van der Waals surface area contributed by atoms with Crippen LogP contribution in [0.4, 0.5) is 0 Å². The van der Waals surface area contributed by atoms with E-state index < -0.39 is 0 Å². The van der Waals surface area contributed by atoms with Gasteiger partial charge in [0, 0.05) is 0 Å². The van der Waals surface area contributed by atoms with Gasteiger partial charge in [-0.25, -0.2) is 0 Å². The van der Waals surface area contributed by atoms with Gasteiger partial charge in [-0.3, -0.25) is 0 Å². The molecule has 0 N–H and O–H groups in total. The fraction of sp³-hybridized carbons (Fsp3) is 0.385. The van der Waals surface area contributed by atoms with Crippen LogP contribution in [0.15, 0.2) is 24.8 Å². The predicted octanol–water partition coefficient (Wildman–Crippen LogP) is 3.68. The van der Waals surface area contributed by atoms with E-state index in [4.69, 9.17) is 4.74 Å². The summed E-state index contributed by atoms with van der Waals surface area (Å²) in [5.41, 5.74) is 2.41. The molecule has 0 fully saturated rings. The topological polar surface area (TPSA) is 9.23 Å². The molecule has 0 amide bonds. The van der Waals surface area contributed by atoms with Gasteiger partial charge >= 0.3 is 0 Å². The SMILES string of the molecule is C=Cc1ccc(CCC)c(OCC)c1. The maximum atomic E-state index is 5.58. The van der Waals surface area contributed by atoms with Gasteiger partial charge in [-0.1, -0.05) is 38.1 Å². The van der Waals surface area contributed by atoms with E-state index in [1.807, 2.05) is 13.0 Å². The highest BCUT2D eigenvalue weighted by Crippen LogP contribution is 2.22. The Balaban J connectivity index is 2.96. The molecule has 0 aliphatic carbocycles. The minimum Gasteiger partial charge on any atom is -0.494 e. The standard InChI is InChI=1S/C13H18O/c1-4-7-12-9-8-11(5-2)10-13(12)14-6-3/h5,8-10H,2,4,6-7H2,1,3H3. The van der Waals surface area contributed by atoms with E-state index in [2.05, 4.69) is 31.7 Å². The third-order valence-electron chi connectivity index (χ3n) is 2.15. The highest BCUT2D eigenvalue weighted by molar-refractivity contribution is 5.52. The van der Waals surface area contributed by atoms with Crippen molar-refractivity contribution in [1.29, 1.82) is 0 Å². The molecule has 0 unspecified atom stereocenters. The molecule has 1 nitrogen and oxygen atoms in total. The van der Waals surface area contributed by atoms with Crippen molar-refractivity contribution in [3.05, 3.63) is 35.9 Å². The zero-order valence-electron chi connectivity index (χ0n) is 9.05. The Morgan fingerprint density at radius 2 is 2.14 bits per heavy atom. The minimum absolute atomic E-state index is 0.720. The number of ether oxygens (including phenoxy) is 1. The monoisotopic (exact) mass is 190 g/mol. The second-order valence-electron chi connectivity index (χ2n) is 3.25. The molecule has 1 heteroatoms. The summed E-state index contributed by atoms with van der Waals surface area (Å²) in [6.07, 6.45) is 4.07. The number of hydrogen-bond donors (Lipinski definition) is 0. The lowest BCUT2D eigenvalue weighted by Gasteiger charge is -2.10. The minimum atomic E-state index is 0.720. The van der Waals surface area contributed by atoms with Crippen LogP contribution in [0.1, 0.15) is 31.4 Å². The average Bonchev–Trinajstić information content (AvgIpc) is 2.21. The van der Waals surface area contributed by atoms with Crippen molar-refractivity contribution < 1.29 is 4.74 Å². The molecule has 0 saturated heterocycles. The van der Waals surface area contributed by atoms with E-state index in [1.54, 1.807) is 0 Å². The van der Waals surface area contributed by atoms with Gasteiger partial charge in [0.15, 0.2) is 0 Å². The number of hydrogen-bond acceptors (Lipinski definition) is 1. The van der Waals surface area contributed by atoms with E-state index in [-0.39, 0.29) is 0 Å². The maximum Gasteiger partial charge on any atom is 0.123 e. The Labute approximate surface area is 86.4 Å². The number of benzene rings is 1. The van der Waals surface area contributed by atoms with Crippen LogP contribution < -0.4 is 4.74 Å². The molecule has 1 aromatic rings. The van der Waals surface area contributed by atoms with Crippen LogP contribution in [-0.2, 0) is 6.42 Å². The summed E-state index contributed by atoms with van der Waals surface area (Å²) in [6.45, 7) is 8.66. The largest absolute Gasteiger partial charge is 0.494 e. The lowest BCUT2D eigenvalue weighted by atomic mass is 10.1. The summed E-state index contributed by atoms with van der Waals surface area (Å²) in [5.74, 6) is 1.01. The smallest absolute Gasteiger partial charge is 0.123 e. The van der Waals surface area contributed by atoms with Crippen LogP contribution in [0, 0.1) is 0 Å². The molecule has 1 rings (SSSR count). The Hall–Kier alpha value is -1.24. The second kappa shape index (κ2) is 5.48. The van der Waals surface area contributed by atoms with Gasteiger partial charge in [0.05, 0.1) is 6.61 Å². The molecule has 0 atom stereocenters. The zero-order chi connectivity index (χ0) is 10.4. The molecule has 0 aromatic heterocycles. The molecule has 0 aliphatic heterocycles. The van der Waals surface area contributed by atoms with Gasteiger partial charge in [-0.2, -0.15) is 0 Å². The number of aryl methyl sites for hydroxylation is 1. The van der Waals surface area contributed by atoms with Gasteiger partial charge in [-0.15, -0.1) is 0 Å². The summed E-state index contributed by atoms with van der Waals surface area (Å²) < 4.78 is 5.58. The first kappa shape index (κ1) is 10.8. The third kappa shape index (κ3) is 2.63. The van der Waals surface area contributed by atoms with Gasteiger partial charge in [0.2, 0.25) is 0 Å². The van der Waals surface area contributed by atoms with E-state index in [0.717, 1.165) is 30.8 Å². The summed E-state index contributed by atoms with van der Waals surface area (Å²) in [4.78, 5) is 0. The zero-order valence-corrected chi connectivity index (χ0v) is 9.05. The Morgan fingerprint density at radius 1 is 1.36 bits per heavy atom. The molecule has 0 saturated carbocycles. The molecule has 14 heavy (non-hydrogen) atoms. The lowest BCUT2D eigenvalue weighted by Crippen LogP contribution is -1.97. The molecule has 0 aliphatic rings. The molecule has 0 bridgehead atoms. The summed E-state index contributed by atoms with van der Waals surface area (Å²) in [5, 5.41) is 0. The van der Waals surface area contributed by atoms with Gasteiger partial charge < -0.3 is 4.74 Å². The van der Waals surface area contributed by atoms with Crippen molar-refractivity contribution in [3.8, 4) is 5.75 Å². The second-order valence-corrected chi connectivity index (χ2v) is 3.25. The van der Waals surface area contributed by atoms with E-state index in [9.17, 15) is 0 Å². The molecule has 76 valence electrons. The van der Waals surface area contributed by atoms with Crippen molar-refractivity contribution in [2.45, 2.75) is 26.7 Å². The van der Waals surface area contributed by atoms with Crippen molar-refractivity contribution in [2.75, 3.05) is 6.61 Å². The van der Waals surface area contributed by atoms with Crippen LogP contribution >= 0.6 is 0 Å². The fourth-order valence-corrected chi connectivity index (χ4v) is 1.46. The normalized spacial score (nSPS) is 9.86. The first-order valence-corrected chi connectivity index (χ1v) is 5.20. The fourth-order valence-electron chi connectivity index (χ4n) is 1.46. The van der Waals surface area contributed by atoms with E-state index >= 15 is 0 Å². The Kier molecular flexibility index (Phi) is 4.24. The first-order valence-electron chi connectivity index (χ1n) is 5.20. The van der Waals surface area contributed by atoms with Crippen molar-refractivity contribution in [2.24, 2.45) is 0 Å². The van der Waals surface area contributed by atoms with Crippen LogP contribution in [0.5, 0.6) is 5.75 Å². The molecule has 0 spiro atoms. The highest BCUT2D eigenvalue weighted by atomic mass is 16.5. The lowest BCUT2D eigenvalue weighted by molar-refractivity contribution is 0.336. The van der Waals surface area contributed by atoms with Crippen LogP contribution in [0.3, 0.4) is 0 Å². The van der Waals surface area contributed by atoms with Crippen molar-refractivity contribution in [3.63, 3.8) is 0 Å². The molecule has 1 aromatic carbocycles. The van der Waals surface area contributed by atoms with Gasteiger partial charge in [0.25, 0.3) is 0 Å². The van der Waals surface area contributed by atoms with Crippen LogP contribution in [0.25, 0.3) is 6.08 Å². The summed E-state index contributed by atoms with van der Waals surface area (Å²) in [7, 11) is 0. The maximum absolute atomic E-state index is 5.58. The third-order valence-corrected chi connectivity index (χ3v) is 2.15. The molecule has 0 heterocycles. The molecular weight excluding hydrogens is 172 g/mol. The quantitative estimate of drug-likeness (QED) is 0.688. The first-order chi connectivity index (χ1) is 6.81. The summed E-state index contributed by atoms with van der Waals surface area (Å²) in [6, 6.07) is 6.27.